The Morgan fingerprint density at radius 3 is 3.06 bits per heavy atom. The molecule has 0 bridgehead atoms. The average molecular weight is 234 g/mol. The lowest BCUT2D eigenvalue weighted by atomic mass is 10.2. The number of rotatable bonds is 5. The van der Waals surface area contributed by atoms with Crippen molar-refractivity contribution < 1.29 is 9.53 Å². The number of nitrogens with zero attached hydrogens (tertiary/aromatic N) is 1. The Morgan fingerprint density at radius 1 is 1.65 bits per heavy atom. The number of pyridine rings is 1. The first-order valence-electron chi connectivity index (χ1n) is 6.06. The molecule has 0 aliphatic heterocycles. The van der Waals surface area contributed by atoms with E-state index in [9.17, 15) is 4.79 Å². The fourth-order valence-electron chi connectivity index (χ4n) is 1.79. The molecule has 92 valence electrons. The molecule has 1 aromatic heterocycles. The lowest BCUT2D eigenvalue weighted by Gasteiger charge is -2.06. The van der Waals surface area contributed by atoms with Crippen molar-refractivity contribution in [2.75, 3.05) is 6.61 Å². The maximum atomic E-state index is 11.6. The molecule has 4 nitrogen and oxygen atoms in total. The normalized spacial score (nSPS) is 22.0. The first-order chi connectivity index (χ1) is 8.20. The topological polar surface area (TPSA) is 51.2 Å². The Kier molecular flexibility index (Phi) is 3.61. The van der Waals surface area contributed by atoms with Crippen LogP contribution in [0.1, 0.15) is 25.8 Å². The van der Waals surface area contributed by atoms with E-state index in [2.05, 4.69) is 17.2 Å². The Morgan fingerprint density at radius 2 is 2.41 bits per heavy atom. The summed E-state index contributed by atoms with van der Waals surface area (Å²) in [7, 11) is 0. The molecule has 0 unspecified atom stereocenters. The van der Waals surface area contributed by atoms with E-state index in [0.29, 0.717) is 24.9 Å². The van der Waals surface area contributed by atoms with Crippen LogP contribution >= 0.6 is 0 Å². The van der Waals surface area contributed by atoms with Gasteiger partial charge in [-0.2, -0.15) is 0 Å². The van der Waals surface area contributed by atoms with Gasteiger partial charge in [-0.3, -0.25) is 4.79 Å². The van der Waals surface area contributed by atoms with Gasteiger partial charge in [0.2, 0.25) is 11.8 Å². The van der Waals surface area contributed by atoms with Crippen LogP contribution in [0.5, 0.6) is 5.88 Å². The standard InChI is InChI=1S/C13H18N2O2/c1-3-17-12-7-10(4-5-14-12)8-15-13(16)11-6-9(11)2/h4-5,7,9,11H,3,6,8H2,1-2H3,(H,15,16)/t9-,11-/m1/s1. The number of hydrogen-bond donors (Lipinski definition) is 1. The molecule has 1 aromatic rings. The summed E-state index contributed by atoms with van der Waals surface area (Å²) in [5.74, 6) is 1.54. The lowest BCUT2D eigenvalue weighted by Crippen LogP contribution is -2.24. The van der Waals surface area contributed by atoms with Gasteiger partial charge in [-0.15, -0.1) is 0 Å². The summed E-state index contributed by atoms with van der Waals surface area (Å²) < 4.78 is 5.31. The van der Waals surface area contributed by atoms with E-state index >= 15 is 0 Å². The molecule has 1 N–H and O–H groups in total. The van der Waals surface area contributed by atoms with Crippen molar-refractivity contribution in [1.82, 2.24) is 10.3 Å². The van der Waals surface area contributed by atoms with Gasteiger partial charge in [-0.05, 0) is 30.9 Å². The van der Waals surface area contributed by atoms with Crippen LogP contribution in [0.4, 0.5) is 0 Å². The van der Waals surface area contributed by atoms with Crippen LogP contribution in [0.15, 0.2) is 18.3 Å². The molecule has 1 fully saturated rings. The predicted octanol–water partition coefficient (Wildman–Crippen LogP) is 1.75. The average Bonchev–Trinajstić information content (AvgIpc) is 3.04. The molecular formula is C13H18N2O2. The maximum absolute atomic E-state index is 11.6. The number of nitrogens with one attached hydrogen (secondary N) is 1. The van der Waals surface area contributed by atoms with E-state index in [4.69, 9.17) is 4.74 Å². The third-order valence-electron chi connectivity index (χ3n) is 3.00. The highest BCUT2D eigenvalue weighted by Gasteiger charge is 2.38. The highest BCUT2D eigenvalue weighted by atomic mass is 16.5. The number of carbonyl (C=O) groups excluding carboxylic acids is 1. The Labute approximate surface area is 101 Å². The van der Waals surface area contributed by atoms with E-state index in [0.717, 1.165) is 12.0 Å². The molecule has 1 amide bonds. The summed E-state index contributed by atoms with van der Waals surface area (Å²) in [5.41, 5.74) is 1.02. The summed E-state index contributed by atoms with van der Waals surface area (Å²) in [6.07, 6.45) is 2.72. The minimum absolute atomic E-state index is 0.160. The quantitative estimate of drug-likeness (QED) is 0.844. The third-order valence-corrected chi connectivity index (χ3v) is 3.00. The molecule has 1 saturated carbocycles. The molecule has 0 radical (unpaired) electrons. The summed E-state index contributed by atoms with van der Waals surface area (Å²) in [5, 5.41) is 2.94. The zero-order chi connectivity index (χ0) is 12.3. The second-order valence-corrected chi connectivity index (χ2v) is 4.47. The molecule has 0 aromatic carbocycles. The summed E-state index contributed by atoms with van der Waals surface area (Å²) >= 11 is 0. The molecule has 4 heteroatoms. The first-order valence-corrected chi connectivity index (χ1v) is 6.06. The molecular weight excluding hydrogens is 216 g/mol. The number of carbonyl (C=O) groups is 1. The van der Waals surface area contributed by atoms with Crippen molar-refractivity contribution in [3.8, 4) is 5.88 Å². The van der Waals surface area contributed by atoms with E-state index in [-0.39, 0.29) is 11.8 Å². The molecule has 2 rings (SSSR count). The second-order valence-electron chi connectivity index (χ2n) is 4.47. The van der Waals surface area contributed by atoms with Crippen molar-refractivity contribution in [2.24, 2.45) is 11.8 Å². The van der Waals surface area contributed by atoms with Crippen LogP contribution in [0, 0.1) is 11.8 Å². The van der Waals surface area contributed by atoms with Crippen molar-refractivity contribution in [3.63, 3.8) is 0 Å². The summed E-state index contributed by atoms with van der Waals surface area (Å²) in [6.45, 7) is 5.17. The number of hydrogen-bond acceptors (Lipinski definition) is 3. The van der Waals surface area contributed by atoms with Crippen LogP contribution in [-0.2, 0) is 11.3 Å². The maximum Gasteiger partial charge on any atom is 0.223 e. The molecule has 0 saturated heterocycles. The molecule has 0 spiro atoms. The van der Waals surface area contributed by atoms with Crippen molar-refractivity contribution >= 4 is 5.91 Å². The van der Waals surface area contributed by atoms with Gasteiger partial charge in [0.25, 0.3) is 0 Å². The highest BCUT2D eigenvalue weighted by molar-refractivity contribution is 5.81. The fraction of sp³-hybridized carbons (Fsp3) is 0.538. The minimum atomic E-state index is 0.160. The number of amides is 1. The van der Waals surface area contributed by atoms with E-state index in [1.165, 1.54) is 0 Å². The zero-order valence-electron chi connectivity index (χ0n) is 10.3. The zero-order valence-corrected chi connectivity index (χ0v) is 10.3. The monoisotopic (exact) mass is 234 g/mol. The number of ether oxygens (including phenoxy) is 1. The van der Waals surface area contributed by atoms with Gasteiger partial charge >= 0.3 is 0 Å². The predicted molar refractivity (Wildman–Crippen MR) is 64.5 cm³/mol. The van der Waals surface area contributed by atoms with Gasteiger partial charge in [0.15, 0.2) is 0 Å². The second kappa shape index (κ2) is 5.17. The van der Waals surface area contributed by atoms with Gasteiger partial charge in [0.05, 0.1) is 6.61 Å². The van der Waals surface area contributed by atoms with Gasteiger partial charge in [-0.25, -0.2) is 4.98 Å². The Hall–Kier alpha value is -1.58. The largest absolute Gasteiger partial charge is 0.478 e. The van der Waals surface area contributed by atoms with Crippen LogP contribution in [0.25, 0.3) is 0 Å². The third kappa shape index (κ3) is 3.19. The molecule has 1 heterocycles. The lowest BCUT2D eigenvalue weighted by molar-refractivity contribution is -0.122. The Bertz CT molecular complexity index is 406. The molecule has 2 atom stereocenters. The van der Waals surface area contributed by atoms with Crippen LogP contribution < -0.4 is 10.1 Å². The summed E-state index contributed by atoms with van der Waals surface area (Å²) in [6, 6.07) is 3.75. The molecule has 1 aliphatic rings. The van der Waals surface area contributed by atoms with E-state index in [1.807, 2.05) is 19.1 Å². The van der Waals surface area contributed by atoms with Gasteiger partial charge in [0, 0.05) is 24.7 Å². The SMILES string of the molecule is CCOc1cc(CNC(=O)[C@@H]2C[C@H]2C)ccn1. The van der Waals surface area contributed by atoms with E-state index in [1.54, 1.807) is 6.20 Å². The van der Waals surface area contributed by atoms with Crippen molar-refractivity contribution in [3.05, 3.63) is 23.9 Å². The minimum Gasteiger partial charge on any atom is -0.478 e. The van der Waals surface area contributed by atoms with E-state index < -0.39 is 0 Å². The van der Waals surface area contributed by atoms with Crippen molar-refractivity contribution in [2.45, 2.75) is 26.8 Å². The first kappa shape index (κ1) is 11.9. The van der Waals surface area contributed by atoms with Crippen molar-refractivity contribution in [1.29, 1.82) is 0 Å². The van der Waals surface area contributed by atoms with Gasteiger partial charge in [0.1, 0.15) is 0 Å². The fourth-order valence-corrected chi connectivity index (χ4v) is 1.79. The summed E-state index contributed by atoms with van der Waals surface area (Å²) in [4.78, 5) is 15.7. The Balaban J connectivity index is 1.85. The highest BCUT2D eigenvalue weighted by Crippen LogP contribution is 2.37. The smallest absolute Gasteiger partial charge is 0.223 e. The number of aromatic nitrogens is 1. The van der Waals surface area contributed by atoms with Gasteiger partial charge in [-0.1, -0.05) is 6.92 Å². The van der Waals surface area contributed by atoms with Gasteiger partial charge < -0.3 is 10.1 Å². The van der Waals surface area contributed by atoms with Crippen LogP contribution in [0.2, 0.25) is 0 Å². The van der Waals surface area contributed by atoms with Crippen LogP contribution in [0.3, 0.4) is 0 Å². The van der Waals surface area contributed by atoms with Crippen LogP contribution in [-0.4, -0.2) is 17.5 Å². The molecule has 1 aliphatic carbocycles. The molecule has 17 heavy (non-hydrogen) atoms.